The Kier molecular flexibility index (Phi) is 14.8. The number of nitrogens with one attached hydrogen (secondary N) is 2. The highest BCUT2D eigenvalue weighted by molar-refractivity contribution is 6.84. The fourth-order valence-electron chi connectivity index (χ4n) is 6.98. The first-order valence-electron chi connectivity index (χ1n) is 18.8. The molecule has 54 heavy (non-hydrogen) atoms. The topological polar surface area (TPSA) is 201 Å². The van der Waals surface area contributed by atoms with Gasteiger partial charge in [-0.25, -0.2) is 4.98 Å². The largest absolute Gasteiger partial charge is 0.462 e. The number of fused-ring (bicyclic) bond motifs is 2. The molecule has 0 aliphatic carbocycles. The van der Waals surface area contributed by atoms with E-state index in [1.54, 1.807) is 18.4 Å². The second kappa shape index (κ2) is 18.3. The molecule has 304 valence electrons. The molecule has 0 aromatic carbocycles. The number of hydrogen-bond donors (Lipinski definition) is 2. The first-order chi connectivity index (χ1) is 25.3. The van der Waals surface area contributed by atoms with E-state index in [0.29, 0.717) is 0 Å². The Labute approximate surface area is 318 Å². The van der Waals surface area contributed by atoms with Gasteiger partial charge in [0.05, 0.1) is 19.5 Å². The number of hydrogen-bond acceptors (Lipinski definition) is 14. The predicted octanol–water partition coefficient (Wildman–Crippen LogP) is 4.81. The number of nitrogens with zero attached hydrogens (tertiary/aromatic N) is 3. The van der Waals surface area contributed by atoms with Crippen LogP contribution in [0.15, 0.2) is 11.1 Å². The summed E-state index contributed by atoms with van der Waals surface area (Å²) in [7, 11) is -6.03. The zero-order chi connectivity index (χ0) is 40.1. The van der Waals surface area contributed by atoms with E-state index < -0.39 is 65.3 Å². The Balaban J connectivity index is 1.73. The minimum absolute atomic E-state index is 0.0250. The Bertz CT molecular complexity index is 1650. The van der Waals surface area contributed by atoms with Crippen LogP contribution < -0.4 is 10.9 Å². The van der Waals surface area contributed by atoms with Gasteiger partial charge >= 0.3 is 29.1 Å². The van der Waals surface area contributed by atoms with Gasteiger partial charge in [0.2, 0.25) is 11.9 Å². The molecule has 2 fully saturated rings. The molecule has 2 aromatic rings. The van der Waals surface area contributed by atoms with Crippen LogP contribution in [-0.2, 0) is 51.0 Å². The van der Waals surface area contributed by atoms with Crippen LogP contribution in [0.3, 0.4) is 0 Å². The van der Waals surface area contributed by atoms with E-state index in [4.69, 9.17) is 36.7 Å². The number of aromatic nitrogens is 4. The lowest BCUT2D eigenvalue weighted by molar-refractivity contribution is -0.160. The molecular weight excluding hydrogens is 739 g/mol. The van der Waals surface area contributed by atoms with Crippen molar-refractivity contribution < 1.29 is 51.0 Å². The molecule has 4 heterocycles. The fourth-order valence-corrected chi connectivity index (χ4v) is 18.2. The van der Waals surface area contributed by atoms with Crippen LogP contribution in [0, 0.1) is 5.92 Å². The van der Waals surface area contributed by atoms with Crippen molar-refractivity contribution in [3.63, 3.8) is 0 Å². The van der Waals surface area contributed by atoms with Gasteiger partial charge in [-0.15, -0.1) is 0 Å². The minimum Gasteiger partial charge on any atom is -0.462 e. The Morgan fingerprint density at radius 3 is 2.20 bits per heavy atom. The third-order valence-electron chi connectivity index (χ3n) is 9.82. The zero-order valence-electron chi connectivity index (χ0n) is 33.6. The normalized spacial score (nSPS) is 23.1. The Morgan fingerprint density at radius 2 is 1.63 bits per heavy atom. The molecule has 5 atom stereocenters. The van der Waals surface area contributed by atoms with Crippen molar-refractivity contribution in [2.45, 2.75) is 142 Å². The summed E-state index contributed by atoms with van der Waals surface area (Å²) >= 11 is 0. The van der Waals surface area contributed by atoms with E-state index >= 15 is 0 Å². The minimum atomic E-state index is -3.12. The van der Waals surface area contributed by atoms with E-state index in [1.165, 1.54) is 20.2 Å². The van der Waals surface area contributed by atoms with Crippen LogP contribution in [0.4, 0.5) is 5.95 Å². The van der Waals surface area contributed by atoms with Crippen LogP contribution in [0.2, 0.25) is 22.2 Å². The van der Waals surface area contributed by atoms with Crippen molar-refractivity contribution in [3.05, 3.63) is 16.7 Å². The molecule has 2 aromatic heterocycles. The summed E-state index contributed by atoms with van der Waals surface area (Å²) < 4.78 is 52.8. The van der Waals surface area contributed by atoms with Gasteiger partial charge in [0.1, 0.15) is 37.8 Å². The maximum Gasteiger partial charge on any atom is 0.335 e. The number of H-pyrrole nitrogens is 1. The standard InChI is InChI=1S/C35H59N5O12Si2/c1-19(2)32(43)38-35-37-31-28(33(44)39-35)36-17-40(31)34-30(47-18-45-14-13-26(49-25(12)42)15-46-24(11)41)29-27(50-34)16-48-53(20(3)4,21(5)6)52-54(51-29,22(7)8)23(9)10/h17,19-23,26-27,29-30,34H,13-16,18H2,1-12H3,(H2,37,38,39,43,44)/t26?,27-,29?,30+,34-/m1/s1. The number of aromatic amines is 1. The maximum atomic E-state index is 13.2. The van der Waals surface area contributed by atoms with Gasteiger partial charge in [-0.2, -0.15) is 4.98 Å². The molecule has 2 aliphatic rings. The first-order valence-corrected chi connectivity index (χ1v) is 22.7. The van der Waals surface area contributed by atoms with Gasteiger partial charge in [-0.1, -0.05) is 69.2 Å². The van der Waals surface area contributed by atoms with E-state index in [-0.39, 0.29) is 84.1 Å². The van der Waals surface area contributed by atoms with Crippen molar-refractivity contribution in [1.82, 2.24) is 19.5 Å². The number of carbonyl (C=O) groups is 3. The summed E-state index contributed by atoms with van der Waals surface area (Å²) in [5, 5.41) is 2.66. The lowest BCUT2D eigenvalue weighted by Gasteiger charge is -2.51. The summed E-state index contributed by atoms with van der Waals surface area (Å²) in [6.45, 7) is 23.0. The highest BCUT2D eigenvalue weighted by Gasteiger charge is 2.62. The molecule has 0 spiro atoms. The highest BCUT2D eigenvalue weighted by Crippen LogP contribution is 2.49. The molecule has 4 rings (SSSR count). The van der Waals surface area contributed by atoms with Gasteiger partial charge < -0.3 is 36.7 Å². The number of rotatable bonds is 16. The van der Waals surface area contributed by atoms with E-state index in [1.807, 2.05) is 0 Å². The second-order valence-electron chi connectivity index (χ2n) is 15.5. The van der Waals surface area contributed by atoms with Crippen LogP contribution >= 0.6 is 0 Å². The fraction of sp³-hybridized carbons (Fsp3) is 0.771. The molecular formula is C35H59N5O12Si2. The number of anilines is 1. The van der Waals surface area contributed by atoms with Crippen molar-refractivity contribution in [3.8, 4) is 0 Å². The average molecular weight is 798 g/mol. The third kappa shape index (κ3) is 9.66. The van der Waals surface area contributed by atoms with Crippen molar-refractivity contribution >= 4 is 52.1 Å². The number of ether oxygens (including phenoxy) is 5. The molecule has 0 saturated carbocycles. The van der Waals surface area contributed by atoms with Gasteiger partial charge in [-0.05, 0) is 22.2 Å². The Morgan fingerprint density at radius 1 is 0.981 bits per heavy atom. The van der Waals surface area contributed by atoms with Gasteiger partial charge in [0, 0.05) is 26.2 Å². The molecule has 17 nitrogen and oxygen atoms in total. The van der Waals surface area contributed by atoms with E-state index in [0.717, 1.165) is 0 Å². The highest BCUT2D eigenvalue weighted by atomic mass is 28.5. The molecule has 1 amide bonds. The number of esters is 2. The van der Waals surface area contributed by atoms with Crippen molar-refractivity contribution in [2.75, 3.05) is 31.9 Å². The molecule has 19 heteroatoms. The zero-order valence-corrected chi connectivity index (χ0v) is 35.6. The second-order valence-corrected chi connectivity index (χ2v) is 24.3. The molecule has 0 radical (unpaired) electrons. The monoisotopic (exact) mass is 797 g/mol. The van der Waals surface area contributed by atoms with Gasteiger partial charge in [-0.3, -0.25) is 34.0 Å². The molecule has 2 saturated heterocycles. The number of imidazole rings is 1. The van der Waals surface area contributed by atoms with Crippen LogP contribution in [0.1, 0.15) is 95.7 Å². The van der Waals surface area contributed by atoms with E-state index in [2.05, 4.69) is 75.7 Å². The quantitative estimate of drug-likeness (QED) is 0.101. The lowest BCUT2D eigenvalue weighted by atomic mass is 10.1. The smallest absolute Gasteiger partial charge is 0.335 e. The average Bonchev–Trinajstić information content (AvgIpc) is 3.63. The summed E-state index contributed by atoms with van der Waals surface area (Å²) in [5.41, 5.74) is -0.0442. The summed E-state index contributed by atoms with van der Waals surface area (Å²) in [6.07, 6.45) is -2.08. The predicted molar refractivity (Wildman–Crippen MR) is 202 cm³/mol. The number of amides is 1. The molecule has 2 aliphatic heterocycles. The molecule has 2 N–H and O–H groups in total. The molecule has 2 unspecified atom stereocenters. The number of carbonyl (C=O) groups excluding carboxylic acids is 3. The lowest BCUT2D eigenvalue weighted by Crippen LogP contribution is -2.66. The molecule has 0 bridgehead atoms. The summed E-state index contributed by atoms with van der Waals surface area (Å²) in [4.78, 5) is 60.3. The summed E-state index contributed by atoms with van der Waals surface area (Å²) in [5.74, 6) is -1.71. The SMILES string of the molecule is CC(=O)OCC(CCOCO[C@H]1C2O[Si](C(C)C)(C(C)C)O[Si](C(C)C)(C(C)C)OC[C@H]2O[C@H]1n1cnc2c(=O)[nH]c(NC(=O)C(C)C)nc21)OC(C)=O. The van der Waals surface area contributed by atoms with Gasteiger partial charge in [0.25, 0.3) is 5.56 Å². The van der Waals surface area contributed by atoms with Crippen LogP contribution in [0.25, 0.3) is 11.2 Å². The Hall–Kier alpha value is -3.05. The summed E-state index contributed by atoms with van der Waals surface area (Å²) in [6, 6.07) is 0. The van der Waals surface area contributed by atoms with Crippen LogP contribution in [-0.4, -0.2) is 106 Å². The first kappa shape index (κ1) is 43.7. The third-order valence-corrected chi connectivity index (χ3v) is 20.1. The maximum absolute atomic E-state index is 13.2. The van der Waals surface area contributed by atoms with Crippen molar-refractivity contribution in [1.29, 1.82) is 0 Å². The van der Waals surface area contributed by atoms with Gasteiger partial charge in [0.15, 0.2) is 17.4 Å². The van der Waals surface area contributed by atoms with Crippen molar-refractivity contribution in [2.24, 2.45) is 5.92 Å². The van der Waals surface area contributed by atoms with Crippen LogP contribution in [0.5, 0.6) is 0 Å². The van der Waals surface area contributed by atoms with E-state index in [9.17, 15) is 19.2 Å².